The minimum absolute atomic E-state index is 0.324. The first-order valence-electron chi connectivity index (χ1n) is 16.5. The minimum Gasteiger partial charge on any atom is -0.321 e. The van der Waals surface area contributed by atoms with Crippen molar-refractivity contribution in [2.45, 2.75) is 0 Å². The van der Waals surface area contributed by atoms with Gasteiger partial charge in [-0.25, -0.2) is 0 Å². The quantitative estimate of drug-likeness (QED) is 0.183. The van der Waals surface area contributed by atoms with Crippen molar-refractivity contribution in [2.24, 2.45) is 0 Å². The van der Waals surface area contributed by atoms with Gasteiger partial charge in [0.2, 0.25) is 0 Å². The van der Waals surface area contributed by atoms with E-state index in [1.165, 1.54) is 21.2 Å². The number of aromatic nitrogens is 2. The maximum atomic E-state index is 14.1. The highest BCUT2D eigenvalue weighted by molar-refractivity contribution is 7.81. The Morgan fingerprint density at radius 3 is 0.940 bits per heavy atom. The lowest BCUT2D eigenvalue weighted by molar-refractivity contribution is 1.33. The molecule has 0 bridgehead atoms. The Bertz CT molecular complexity index is 2380. The zero-order valence-corrected chi connectivity index (χ0v) is 28.8. The molecular weight excluding hydrogens is 650 g/mol. The second-order valence-electron chi connectivity index (χ2n) is 11.9. The highest BCUT2D eigenvalue weighted by Gasteiger charge is 2.24. The lowest BCUT2D eigenvalue weighted by atomic mass is 10.1. The molecule has 0 radical (unpaired) electrons. The standard InChI is InChI=1S/C44H32N2O2P2/c47-43-35-25-13-14-26-36(35)44(48)46-38-28-16-30-40(50(33-21-9-3-10-22-33)34-23-11-4-12-24-34)42(38)41-37(45-43)27-15-29-39(41)49(31-17-5-1-6-18-31)32-19-7-2-8-20-32/h1-30H,(H,45,47)(H,46,48). The van der Waals surface area contributed by atoms with E-state index in [1.54, 1.807) is 24.3 Å². The van der Waals surface area contributed by atoms with Gasteiger partial charge in [-0.1, -0.05) is 158 Å². The van der Waals surface area contributed by atoms with Crippen molar-refractivity contribution in [3.8, 4) is 0 Å². The molecule has 6 heteroatoms. The molecule has 8 rings (SSSR count). The van der Waals surface area contributed by atoms with Crippen molar-refractivity contribution >= 4 is 80.2 Å². The Labute approximate surface area is 292 Å². The van der Waals surface area contributed by atoms with Gasteiger partial charge in [-0.2, -0.15) is 0 Å². The fourth-order valence-electron chi connectivity index (χ4n) is 6.61. The monoisotopic (exact) mass is 682 g/mol. The van der Waals surface area contributed by atoms with E-state index in [0.29, 0.717) is 21.8 Å². The van der Waals surface area contributed by atoms with Crippen molar-refractivity contribution in [1.29, 1.82) is 0 Å². The Balaban J connectivity index is 1.63. The summed E-state index contributed by atoms with van der Waals surface area (Å²) in [5, 5.41) is 9.38. The molecule has 0 atom stereocenters. The topological polar surface area (TPSA) is 65.7 Å². The van der Waals surface area contributed by atoms with E-state index in [4.69, 9.17) is 0 Å². The van der Waals surface area contributed by atoms with Crippen molar-refractivity contribution in [3.05, 3.63) is 203 Å². The molecular formula is C44H32N2O2P2. The van der Waals surface area contributed by atoms with Gasteiger partial charge < -0.3 is 9.97 Å². The summed E-state index contributed by atoms with van der Waals surface area (Å²) >= 11 is 0. The molecule has 4 nitrogen and oxygen atoms in total. The van der Waals surface area contributed by atoms with E-state index in [9.17, 15) is 9.59 Å². The van der Waals surface area contributed by atoms with Crippen molar-refractivity contribution < 1.29 is 0 Å². The second-order valence-corrected chi connectivity index (χ2v) is 16.2. The van der Waals surface area contributed by atoms with Crippen molar-refractivity contribution in [3.63, 3.8) is 0 Å². The first-order chi connectivity index (χ1) is 24.7. The molecule has 8 aromatic rings. The Morgan fingerprint density at radius 2 is 0.620 bits per heavy atom. The number of H-pyrrole nitrogens is 2. The van der Waals surface area contributed by atoms with Crippen LogP contribution in [0.5, 0.6) is 0 Å². The van der Waals surface area contributed by atoms with E-state index in [2.05, 4.69) is 119 Å². The molecule has 0 aliphatic carbocycles. The average molecular weight is 683 g/mol. The number of nitrogens with one attached hydrogen (secondary N) is 2. The molecule has 0 amide bonds. The molecule has 240 valence electrons. The van der Waals surface area contributed by atoms with Crippen LogP contribution < -0.4 is 42.9 Å². The summed E-state index contributed by atoms with van der Waals surface area (Å²) in [6.45, 7) is 0. The predicted molar refractivity (Wildman–Crippen MR) is 215 cm³/mol. The van der Waals surface area contributed by atoms with Gasteiger partial charge in [-0.05, 0) is 71.9 Å². The summed E-state index contributed by atoms with van der Waals surface area (Å²) in [6.07, 6.45) is 0. The zero-order valence-electron chi connectivity index (χ0n) is 27.0. The van der Waals surface area contributed by atoms with Gasteiger partial charge in [0.15, 0.2) is 0 Å². The molecule has 7 aromatic carbocycles. The first kappa shape index (κ1) is 31.6. The van der Waals surface area contributed by atoms with Gasteiger partial charge >= 0.3 is 0 Å². The van der Waals surface area contributed by atoms with Crippen LogP contribution in [0.4, 0.5) is 0 Å². The van der Waals surface area contributed by atoms with Gasteiger partial charge in [-0.15, -0.1) is 0 Å². The molecule has 0 fully saturated rings. The van der Waals surface area contributed by atoms with Crippen LogP contribution in [0.15, 0.2) is 192 Å². The fourth-order valence-corrected chi connectivity index (χ4v) is 11.6. The van der Waals surface area contributed by atoms with Crippen LogP contribution in [-0.4, -0.2) is 9.97 Å². The Morgan fingerprint density at radius 1 is 0.320 bits per heavy atom. The van der Waals surface area contributed by atoms with Crippen LogP contribution in [0.3, 0.4) is 0 Å². The van der Waals surface area contributed by atoms with Crippen LogP contribution in [-0.2, 0) is 0 Å². The van der Waals surface area contributed by atoms with Crippen LogP contribution in [0.1, 0.15) is 0 Å². The van der Waals surface area contributed by atoms with Crippen LogP contribution in [0, 0.1) is 0 Å². The van der Waals surface area contributed by atoms with Crippen LogP contribution in [0.2, 0.25) is 0 Å². The van der Waals surface area contributed by atoms with E-state index in [0.717, 1.165) is 21.4 Å². The maximum Gasteiger partial charge on any atom is 0.256 e. The number of rotatable bonds is 6. The van der Waals surface area contributed by atoms with Gasteiger partial charge in [0.05, 0.1) is 10.8 Å². The molecule has 0 aliphatic heterocycles. The molecule has 1 heterocycles. The van der Waals surface area contributed by atoms with Gasteiger partial charge in [0.1, 0.15) is 0 Å². The Hall–Kier alpha value is -5.66. The second kappa shape index (κ2) is 14.1. The number of hydrogen-bond acceptors (Lipinski definition) is 2. The summed E-state index contributed by atoms with van der Waals surface area (Å²) in [5.74, 6) is 0. The Kier molecular flexibility index (Phi) is 8.88. The minimum atomic E-state index is -1.10. The van der Waals surface area contributed by atoms with Crippen molar-refractivity contribution in [1.82, 2.24) is 9.97 Å². The molecule has 0 saturated heterocycles. The molecule has 0 saturated carbocycles. The largest absolute Gasteiger partial charge is 0.321 e. The summed E-state index contributed by atoms with van der Waals surface area (Å²) in [6, 6.07) is 61.7. The normalized spacial score (nSPS) is 11.3. The third-order valence-corrected chi connectivity index (χ3v) is 13.8. The van der Waals surface area contributed by atoms with Gasteiger partial charge in [0.25, 0.3) is 11.1 Å². The number of fused-ring (bicyclic) bond motifs is 4. The highest BCUT2D eigenvalue weighted by atomic mass is 31.1. The fraction of sp³-hybridized carbons (Fsp3) is 0. The molecule has 50 heavy (non-hydrogen) atoms. The lowest BCUT2D eigenvalue weighted by Crippen LogP contribution is -2.24. The summed E-state index contributed by atoms with van der Waals surface area (Å²) < 4.78 is 0. The van der Waals surface area contributed by atoms with E-state index in [-0.39, 0.29) is 11.1 Å². The van der Waals surface area contributed by atoms with E-state index >= 15 is 0 Å². The number of hydrogen-bond donors (Lipinski definition) is 2. The number of aromatic amines is 2. The lowest BCUT2D eigenvalue weighted by Gasteiger charge is -2.24. The summed E-state index contributed by atoms with van der Waals surface area (Å²) in [7, 11) is -2.19. The third kappa shape index (κ3) is 6.05. The highest BCUT2D eigenvalue weighted by Crippen LogP contribution is 2.40. The van der Waals surface area contributed by atoms with Gasteiger partial charge in [-0.3, -0.25) is 9.59 Å². The molecule has 2 N–H and O–H groups in total. The number of benzene rings is 7. The average Bonchev–Trinajstić information content (AvgIpc) is 3.17. The third-order valence-electron chi connectivity index (χ3n) is 8.79. The van der Waals surface area contributed by atoms with E-state index < -0.39 is 15.8 Å². The SMILES string of the molecule is O=c1[nH]c2cccc(P(c3ccccc3)c3ccccc3)c2c2c(P(c3ccccc3)c3ccccc3)cccc2[nH]c(=O)c2ccccc12. The van der Waals surface area contributed by atoms with Crippen LogP contribution >= 0.6 is 15.8 Å². The molecule has 0 unspecified atom stereocenters. The zero-order chi connectivity index (χ0) is 33.9. The summed E-state index contributed by atoms with van der Waals surface area (Å²) in [4.78, 5) is 34.9. The summed E-state index contributed by atoms with van der Waals surface area (Å²) in [5.41, 5.74) is 0.740. The smallest absolute Gasteiger partial charge is 0.256 e. The predicted octanol–water partition coefficient (Wildman–Crippen LogP) is 7.16. The molecule has 0 spiro atoms. The first-order valence-corrected chi connectivity index (χ1v) is 19.1. The van der Waals surface area contributed by atoms with E-state index in [1.807, 2.05) is 48.5 Å². The molecule has 0 aliphatic rings. The van der Waals surface area contributed by atoms with Gasteiger partial charge in [0, 0.05) is 21.8 Å². The maximum absolute atomic E-state index is 14.1. The van der Waals surface area contributed by atoms with Crippen LogP contribution in [0.25, 0.3) is 32.6 Å². The van der Waals surface area contributed by atoms with Crippen molar-refractivity contribution in [2.75, 3.05) is 0 Å². The molecule has 1 aromatic heterocycles.